The normalized spacial score (nSPS) is 16.0. The second kappa shape index (κ2) is 9.18. The van der Waals surface area contributed by atoms with Gasteiger partial charge in [-0.2, -0.15) is 11.8 Å². The Morgan fingerprint density at radius 2 is 1.89 bits per heavy atom. The van der Waals surface area contributed by atoms with E-state index in [1.807, 2.05) is 11.8 Å². The fraction of sp³-hybridized carbons (Fsp3) is 1.00. The van der Waals surface area contributed by atoms with Gasteiger partial charge in [-0.25, -0.2) is 0 Å². The fourth-order valence-electron chi connectivity index (χ4n) is 1.68. The molecule has 110 valence electrons. The van der Waals surface area contributed by atoms with Crippen molar-refractivity contribution in [3.8, 4) is 0 Å². The van der Waals surface area contributed by atoms with Gasteiger partial charge in [-0.1, -0.05) is 13.8 Å². The Morgan fingerprint density at radius 3 is 2.39 bits per heavy atom. The molecule has 0 aromatic carbocycles. The Labute approximate surface area is 117 Å². The molecule has 0 saturated carbocycles. The smallest absolute Gasteiger partial charge is 0.0897 e. The number of aliphatic hydroxyl groups is 1. The minimum absolute atomic E-state index is 0.214. The van der Waals surface area contributed by atoms with Crippen LogP contribution in [0.2, 0.25) is 0 Å². The number of ether oxygens (including phenoxy) is 1. The standard InChI is InChI=1S/C14H31NO2S/c1-11(2)7-12(3)17-9-13(16)8-15-10-14(4,5)18-6/h11-13,15-16H,7-10H2,1-6H3. The molecule has 0 saturated heterocycles. The van der Waals surface area contributed by atoms with Crippen molar-refractivity contribution < 1.29 is 9.84 Å². The minimum atomic E-state index is -0.419. The predicted octanol–water partition coefficient (Wildman–Crippen LogP) is 2.53. The molecule has 3 nitrogen and oxygen atoms in total. The van der Waals surface area contributed by atoms with Crippen LogP contribution in [0.25, 0.3) is 0 Å². The molecule has 0 aliphatic rings. The molecule has 0 bridgehead atoms. The molecule has 0 radical (unpaired) electrons. The molecule has 2 N–H and O–H groups in total. The molecule has 0 heterocycles. The van der Waals surface area contributed by atoms with E-state index in [1.54, 1.807) is 0 Å². The van der Waals surface area contributed by atoms with Gasteiger partial charge in [0.15, 0.2) is 0 Å². The molecule has 0 amide bonds. The lowest BCUT2D eigenvalue weighted by molar-refractivity contribution is -0.00852. The Balaban J connectivity index is 3.63. The van der Waals surface area contributed by atoms with Crippen LogP contribution in [0, 0.1) is 5.92 Å². The van der Waals surface area contributed by atoms with Crippen LogP contribution in [0.4, 0.5) is 0 Å². The molecule has 0 aliphatic carbocycles. The second-order valence-corrected chi connectivity index (χ2v) is 7.54. The third-order valence-electron chi connectivity index (χ3n) is 2.86. The van der Waals surface area contributed by atoms with Gasteiger partial charge in [0.25, 0.3) is 0 Å². The maximum atomic E-state index is 9.81. The topological polar surface area (TPSA) is 41.5 Å². The zero-order chi connectivity index (χ0) is 14.2. The Morgan fingerprint density at radius 1 is 1.28 bits per heavy atom. The van der Waals surface area contributed by atoms with Gasteiger partial charge in [0, 0.05) is 17.8 Å². The fourth-order valence-corrected chi connectivity index (χ4v) is 1.92. The van der Waals surface area contributed by atoms with Crippen molar-refractivity contribution in [2.75, 3.05) is 26.0 Å². The molecule has 0 aromatic heterocycles. The van der Waals surface area contributed by atoms with Crippen molar-refractivity contribution in [3.05, 3.63) is 0 Å². The highest BCUT2D eigenvalue weighted by atomic mass is 32.2. The van der Waals surface area contributed by atoms with Crippen molar-refractivity contribution >= 4 is 11.8 Å². The summed E-state index contributed by atoms with van der Waals surface area (Å²) in [6, 6.07) is 0. The Kier molecular flexibility index (Phi) is 9.30. The highest BCUT2D eigenvalue weighted by Crippen LogP contribution is 2.19. The van der Waals surface area contributed by atoms with Gasteiger partial charge in [-0.15, -0.1) is 0 Å². The van der Waals surface area contributed by atoms with E-state index in [4.69, 9.17) is 4.74 Å². The molecule has 0 spiro atoms. The van der Waals surface area contributed by atoms with Gasteiger partial charge in [0.05, 0.1) is 18.8 Å². The lowest BCUT2D eigenvalue weighted by Crippen LogP contribution is -2.38. The summed E-state index contributed by atoms with van der Waals surface area (Å²) < 4.78 is 5.84. The third kappa shape index (κ3) is 10.2. The van der Waals surface area contributed by atoms with Gasteiger partial charge in [-0.05, 0) is 39.4 Å². The maximum Gasteiger partial charge on any atom is 0.0897 e. The SMILES string of the molecule is CSC(C)(C)CNCC(O)COC(C)CC(C)C. The van der Waals surface area contributed by atoms with Crippen LogP contribution >= 0.6 is 11.8 Å². The van der Waals surface area contributed by atoms with Gasteiger partial charge >= 0.3 is 0 Å². The first-order chi connectivity index (χ1) is 8.26. The minimum Gasteiger partial charge on any atom is -0.389 e. The van der Waals surface area contributed by atoms with Crippen LogP contribution in [0.3, 0.4) is 0 Å². The molecule has 0 rings (SSSR count). The first-order valence-electron chi connectivity index (χ1n) is 6.82. The number of nitrogens with one attached hydrogen (secondary N) is 1. The number of rotatable bonds is 10. The van der Waals surface area contributed by atoms with E-state index in [-0.39, 0.29) is 10.9 Å². The molecular formula is C14H31NO2S. The molecule has 4 heteroatoms. The number of hydrogen-bond donors (Lipinski definition) is 2. The van der Waals surface area contributed by atoms with E-state index in [9.17, 15) is 5.11 Å². The molecular weight excluding hydrogens is 246 g/mol. The molecule has 18 heavy (non-hydrogen) atoms. The summed E-state index contributed by atoms with van der Waals surface area (Å²) in [5.41, 5.74) is 0. The van der Waals surface area contributed by atoms with Crippen LogP contribution in [0.1, 0.15) is 41.0 Å². The predicted molar refractivity (Wildman–Crippen MR) is 81.3 cm³/mol. The zero-order valence-electron chi connectivity index (χ0n) is 12.8. The zero-order valence-corrected chi connectivity index (χ0v) is 13.6. The summed E-state index contributed by atoms with van der Waals surface area (Å²) in [6.45, 7) is 12.7. The third-order valence-corrected chi connectivity index (χ3v) is 4.11. The highest BCUT2D eigenvalue weighted by Gasteiger charge is 2.16. The van der Waals surface area contributed by atoms with E-state index >= 15 is 0 Å². The van der Waals surface area contributed by atoms with Crippen molar-refractivity contribution in [1.82, 2.24) is 5.32 Å². The Hall–Kier alpha value is 0.230. The summed E-state index contributed by atoms with van der Waals surface area (Å²) in [5.74, 6) is 0.637. The average molecular weight is 277 g/mol. The molecule has 2 atom stereocenters. The lowest BCUT2D eigenvalue weighted by Gasteiger charge is -2.24. The first kappa shape index (κ1) is 18.2. The summed E-state index contributed by atoms with van der Waals surface area (Å²) in [4.78, 5) is 0. The molecule has 0 fully saturated rings. The largest absolute Gasteiger partial charge is 0.389 e. The molecule has 0 aliphatic heterocycles. The van der Waals surface area contributed by atoms with Gasteiger partial charge in [0.2, 0.25) is 0 Å². The van der Waals surface area contributed by atoms with Gasteiger partial charge in [0.1, 0.15) is 0 Å². The number of aliphatic hydroxyl groups excluding tert-OH is 1. The second-order valence-electron chi connectivity index (χ2n) is 6.02. The first-order valence-corrected chi connectivity index (χ1v) is 8.05. The van der Waals surface area contributed by atoms with E-state index in [0.29, 0.717) is 19.1 Å². The van der Waals surface area contributed by atoms with Gasteiger partial charge in [-0.3, -0.25) is 0 Å². The van der Waals surface area contributed by atoms with Crippen LogP contribution in [-0.4, -0.2) is 48.0 Å². The van der Waals surface area contributed by atoms with Crippen LogP contribution in [0.5, 0.6) is 0 Å². The summed E-state index contributed by atoms with van der Waals surface area (Å²) >= 11 is 1.83. The maximum absolute atomic E-state index is 9.81. The lowest BCUT2D eigenvalue weighted by atomic mass is 10.1. The highest BCUT2D eigenvalue weighted by molar-refractivity contribution is 7.99. The molecule has 2 unspecified atom stereocenters. The number of thioether (sulfide) groups is 1. The number of hydrogen-bond acceptors (Lipinski definition) is 4. The summed E-state index contributed by atoms with van der Waals surface area (Å²) in [5, 5.41) is 13.1. The van der Waals surface area contributed by atoms with E-state index in [0.717, 1.165) is 13.0 Å². The summed E-state index contributed by atoms with van der Waals surface area (Å²) in [7, 11) is 0. The van der Waals surface area contributed by atoms with Crippen molar-refractivity contribution in [2.45, 2.75) is 58.0 Å². The monoisotopic (exact) mass is 277 g/mol. The van der Waals surface area contributed by atoms with E-state index < -0.39 is 6.10 Å². The van der Waals surface area contributed by atoms with Crippen LogP contribution in [0.15, 0.2) is 0 Å². The van der Waals surface area contributed by atoms with E-state index in [1.165, 1.54) is 0 Å². The van der Waals surface area contributed by atoms with Crippen molar-refractivity contribution in [2.24, 2.45) is 5.92 Å². The van der Waals surface area contributed by atoms with Crippen molar-refractivity contribution in [3.63, 3.8) is 0 Å². The molecule has 0 aromatic rings. The average Bonchev–Trinajstić information content (AvgIpc) is 2.25. The van der Waals surface area contributed by atoms with Gasteiger partial charge < -0.3 is 15.2 Å². The van der Waals surface area contributed by atoms with Crippen molar-refractivity contribution in [1.29, 1.82) is 0 Å². The van der Waals surface area contributed by atoms with Crippen LogP contribution < -0.4 is 5.32 Å². The van der Waals surface area contributed by atoms with Crippen LogP contribution in [-0.2, 0) is 4.74 Å². The van der Waals surface area contributed by atoms with E-state index in [2.05, 4.69) is 46.2 Å². The quantitative estimate of drug-likeness (QED) is 0.644. The summed E-state index contributed by atoms with van der Waals surface area (Å²) in [6.07, 6.45) is 2.95. The Bertz CT molecular complexity index is 210.